The van der Waals surface area contributed by atoms with Gasteiger partial charge in [-0.2, -0.15) is 19.5 Å². The van der Waals surface area contributed by atoms with E-state index < -0.39 is 15.0 Å². The molecule has 0 spiro atoms. The lowest BCUT2D eigenvalue weighted by atomic mass is 10.5. The average molecular weight is 371 g/mol. The number of nitrogens with zero attached hydrogens (tertiary/aromatic N) is 7. The SMILES string of the molecule is CS(=O)(=O)c1nc(N)n2nc(-c3ncc(Br)cn3)nc2n1. The lowest BCUT2D eigenvalue weighted by Gasteiger charge is -1.99. The van der Waals surface area contributed by atoms with Gasteiger partial charge in [-0.25, -0.2) is 18.4 Å². The summed E-state index contributed by atoms with van der Waals surface area (Å²) in [6, 6.07) is 0. The molecule has 0 aliphatic heterocycles. The summed E-state index contributed by atoms with van der Waals surface area (Å²) in [6.07, 6.45) is 4.05. The fourth-order valence-corrected chi connectivity index (χ4v) is 2.19. The van der Waals surface area contributed by atoms with Crippen LogP contribution in [-0.2, 0) is 9.84 Å². The van der Waals surface area contributed by atoms with Crippen molar-refractivity contribution in [3.8, 4) is 11.6 Å². The van der Waals surface area contributed by atoms with E-state index in [0.717, 1.165) is 10.8 Å². The van der Waals surface area contributed by atoms with Crippen LogP contribution in [0.3, 0.4) is 0 Å². The van der Waals surface area contributed by atoms with Gasteiger partial charge in [0.25, 0.3) is 10.9 Å². The van der Waals surface area contributed by atoms with Gasteiger partial charge in [-0.3, -0.25) is 0 Å². The number of anilines is 1. The van der Waals surface area contributed by atoms with E-state index in [1.807, 2.05) is 0 Å². The van der Waals surface area contributed by atoms with E-state index in [0.29, 0.717) is 4.47 Å². The molecular formula is C9H7BrN8O2S. The molecule has 0 aliphatic carbocycles. The van der Waals surface area contributed by atoms with E-state index in [4.69, 9.17) is 5.73 Å². The van der Waals surface area contributed by atoms with Gasteiger partial charge in [0.2, 0.25) is 21.6 Å². The van der Waals surface area contributed by atoms with Crippen LogP contribution in [0.5, 0.6) is 0 Å². The van der Waals surface area contributed by atoms with Gasteiger partial charge in [0.15, 0.2) is 5.82 Å². The third-order valence-corrected chi connectivity index (χ3v) is 3.62. The molecule has 3 aromatic rings. The zero-order valence-corrected chi connectivity index (χ0v) is 12.9. The first-order chi connectivity index (χ1) is 9.84. The van der Waals surface area contributed by atoms with Crippen molar-refractivity contribution >= 4 is 37.5 Å². The molecule has 0 unspecified atom stereocenters. The molecule has 0 fully saturated rings. The van der Waals surface area contributed by atoms with Gasteiger partial charge in [-0.1, -0.05) is 0 Å². The van der Waals surface area contributed by atoms with Crippen LogP contribution in [0.25, 0.3) is 17.4 Å². The quantitative estimate of drug-likeness (QED) is 0.644. The molecule has 21 heavy (non-hydrogen) atoms. The highest BCUT2D eigenvalue weighted by molar-refractivity contribution is 9.10. The van der Waals surface area contributed by atoms with Crippen LogP contribution in [0.4, 0.5) is 5.95 Å². The average Bonchev–Trinajstić information content (AvgIpc) is 2.83. The van der Waals surface area contributed by atoms with Crippen LogP contribution in [-0.4, -0.2) is 49.2 Å². The van der Waals surface area contributed by atoms with Crippen molar-refractivity contribution in [2.45, 2.75) is 5.16 Å². The summed E-state index contributed by atoms with van der Waals surface area (Å²) >= 11 is 3.22. The number of hydrogen-bond acceptors (Lipinski definition) is 9. The van der Waals surface area contributed by atoms with E-state index in [9.17, 15) is 8.42 Å². The Morgan fingerprint density at radius 2 is 1.81 bits per heavy atom. The van der Waals surface area contributed by atoms with Crippen LogP contribution in [0.15, 0.2) is 22.0 Å². The van der Waals surface area contributed by atoms with Gasteiger partial charge in [-0.15, -0.1) is 5.10 Å². The largest absolute Gasteiger partial charge is 0.368 e. The molecule has 0 atom stereocenters. The topological polar surface area (TPSA) is 142 Å². The van der Waals surface area contributed by atoms with Crippen molar-refractivity contribution in [1.82, 2.24) is 34.5 Å². The maximum Gasteiger partial charge on any atom is 0.258 e. The van der Waals surface area contributed by atoms with E-state index >= 15 is 0 Å². The molecule has 0 saturated carbocycles. The van der Waals surface area contributed by atoms with Crippen molar-refractivity contribution < 1.29 is 8.42 Å². The van der Waals surface area contributed by atoms with Crippen molar-refractivity contribution in [1.29, 1.82) is 0 Å². The maximum absolute atomic E-state index is 11.5. The van der Waals surface area contributed by atoms with Gasteiger partial charge in [-0.05, 0) is 15.9 Å². The fourth-order valence-electron chi connectivity index (χ4n) is 1.47. The van der Waals surface area contributed by atoms with Crippen LogP contribution < -0.4 is 5.73 Å². The molecule has 0 aliphatic rings. The Morgan fingerprint density at radius 1 is 1.14 bits per heavy atom. The van der Waals surface area contributed by atoms with E-state index in [1.165, 1.54) is 12.4 Å². The second-order valence-electron chi connectivity index (χ2n) is 4.01. The minimum absolute atomic E-state index is 0.00411. The summed E-state index contributed by atoms with van der Waals surface area (Å²) in [5, 5.41) is 3.64. The third kappa shape index (κ3) is 2.54. The highest BCUT2D eigenvalue weighted by Gasteiger charge is 2.18. The van der Waals surface area contributed by atoms with Gasteiger partial charge in [0, 0.05) is 18.6 Å². The predicted octanol–water partition coefficient (Wildman–Crippen LogP) is -0.276. The number of rotatable bonds is 2. The van der Waals surface area contributed by atoms with E-state index in [2.05, 4.69) is 45.9 Å². The molecule has 0 radical (unpaired) electrons. The summed E-state index contributed by atoms with van der Waals surface area (Å²) < 4.78 is 24.8. The van der Waals surface area contributed by atoms with Gasteiger partial charge >= 0.3 is 0 Å². The zero-order chi connectivity index (χ0) is 15.2. The number of nitrogen functional groups attached to an aromatic ring is 1. The van der Waals surface area contributed by atoms with Crippen LogP contribution in [0.1, 0.15) is 0 Å². The molecule has 108 valence electrons. The summed E-state index contributed by atoms with van der Waals surface area (Å²) in [5.41, 5.74) is 5.67. The standard InChI is InChI=1S/C9H7BrN8O2S/c1-21(19,20)9-15-7(11)18-8(16-9)14-6(17-18)5-12-2-4(10)3-13-5/h2-3H,1H3,(H2,11,14,15,16,17). The van der Waals surface area contributed by atoms with Gasteiger partial charge in [0.1, 0.15) is 0 Å². The first-order valence-electron chi connectivity index (χ1n) is 5.43. The Bertz CT molecular complexity index is 936. The molecule has 0 saturated heterocycles. The molecule has 3 rings (SSSR count). The third-order valence-electron chi connectivity index (χ3n) is 2.36. The second-order valence-corrected chi connectivity index (χ2v) is 6.83. The Kier molecular flexibility index (Phi) is 3.06. The Hall–Kier alpha value is -2.21. The summed E-state index contributed by atoms with van der Waals surface area (Å²) in [6.45, 7) is 0. The normalized spacial score (nSPS) is 11.9. The number of aromatic nitrogens is 7. The lowest BCUT2D eigenvalue weighted by molar-refractivity contribution is 0.592. The van der Waals surface area contributed by atoms with Crippen LogP contribution in [0.2, 0.25) is 0 Å². The second kappa shape index (κ2) is 4.66. The van der Waals surface area contributed by atoms with Crippen molar-refractivity contribution in [3.63, 3.8) is 0 Å². The van der Waals surface area contributed by atoms with Gasteiger partial charge in [0.05, 0.1) is 4.47 Å². The Morgan fingerprint density at radius 3 is 2.43 bits per heavy atom. The fraction of sp³-hybridized carbons (Fsp3) is 0.111. The molecule has 0 amide bonds. The predicted molar refractivity (Wildman–Crippen MR) is 74.8 cm³/mol. The minimum Gasteiger partial charge on any atom is -0.368 e. The van der Waals surface area contributed by atoms with Gasteiger partial charge < -0.3 is 5.73 Å². The minimum atomic E-state index is -3.60. The summed E-state index contributed by atoms with van der Waals surface area (Å²) in [7, 11) is -3.60. The number of fused-ring (bicyclic) bond motifs is 1. The van der Waals surface area contributed by atoms with E-state index in [-0.39, 0.29) is 23.4 Å². The summed E-state index contributed by atoms with van der Waals surface area (Å²) in [5.74, 6) is 0.277. The molecule has 10 nitrogen and oxygen atoms in total. The molecule has 0 aromatic carbocycles. The summed E-state index contributed by atoms with van der Waals surface area (Å²) in [4.78, 5) is 19.6. The molecule has 3 aromatic heterocycles. The molecule has 3 heterocycles. The number of halogens is 1. The Labute approximate surface area is 126 Å². The maximum atomic E-state index is 11.5. The Balaban J connectivity index is 2.20. The molecule has 0 bridgehead atoms. The van der Waals surface area contributed by atoms with Crippen LogP contribution >= 0.6 is 15.9 Å². The number of nitrogens with two attached hydrogens (primary N) is 1. The van der Waals surface area contributed by atoms with Crippen molar-refractivity contribution in [3.05, 3.63) is 16.9 Å². The molecule has 12 heteroatoms. The van der Waals surface area contributed by atoms with E-state index in [1.54, 1.807) is 0 Å². The van der Waals surface area contributed by atoms with Crippen molar-refractivity contribution in [2.75, 3.05) is 12.0 Å². The number of hydrogen-bond donors (Lipinski definition) is 1. The van der Waals surface area contributed by atoms with Crippen molar-refractivity contribution in [2.24, 2.45) is 0 Å². The number of sulfone groups is 1. The monoisotopic (exact) mass is 370 g/mol. The molecular weight excluding hydrogens is 364 g/mol. The highest BCUT2D eigenvalue weighted by Crippen LogP contribution is 2.15. The first-order valence-corrected chi connectivity index (χ1v) is 8.11. The highest BCUT2D eigenvalue weighted by atomic mass is 79.9. The first kappa shape index (κ1) is 13.8. The zero-order valence-electron chi connectivity index (χ0n) is 10.5. The smallest absolute Gasteiger partial charge is 0.258 e. The molecule has 2 N–H and O–H groups in total. The van der Waals surface area contributed by atoms with Crippen LogP contribution in [0, 0.1) is 0 Å². The lowest BCUT2D eigenvalue weighted by Crippen LogP contribution is -2.11.